The van der Waals surface area contributed by atoms with Crippen LogP contribution < -0.4 is 4.90 Å². The van der Waals surface area contributed by atoms with Gasteiger partial charge < -0.3 is 10.0 Å². The van der Waals surface area contributed by atoms with E-state index in [1.54, 1.807) is 11.0 Å². The average molecular weight is 336 g/mol. The molecule has 1 aliphatic heterocycles. The number of nitro groups is 1. The lowest BCUT2D eigenvalue weighted by Crippen LogP contribution is -2.45. The summed E-state index contributed by atoms with van der Waals surface area (Å²) in [6.07, 6.45) is 3.68. The summed E-state index contributed by atoms with van der Waals surface area (Å²) in [5.41, 5.74) is -0.184. The summed E-state index contributed by atoms with van der Waals surface area (Å²) in [4.78, 5) is 28.3. The molecule has 8 heteroatoms. The van der Waals surface area contributed by atoms with Crippen LogP contribution in [0.4, 0.5) is 11.5 Å². The Morgan fingerprint density at radius 2 is 2.13 bits per heavy atom. The SMILES string of the molecule is O=C(O)C1CCCCN1c1nccc2c([N+](=O)[O-])c(Cl)ccc12. The van der Waals surface area contributed by atoms with Crippen LogP contribution in [0.3, 0.4) is 0 Å². The summed E-state index contributed by atoms with van der Waals surface area (Å²) in [6, 6.07) is 3.97. The molecule has 1 aromatic heterocycles. The van der Waals surface area contributed by atoms with Crippen molar-refractivity contribution in [2.75, 3.05) is 11.4 Å². The number of benzene rings is 1. The van der Waals surface area contributed by atoms with E-state index in [1.807, 2.05) is 0 Å². The van der Waals surface area contributed by atoms with Gasteiger partial charge in [-0.3, -0.25) is 10.1 Å². The lowest BCUT2D eigenvalue weighted by Gasteiger charge is -2.34. The van der Waals surface area contributed by atoms with E-state index in [0.717, 1.165) is 12.8 Å². The van der Waals surface area contributed by atoms with Crippen LogP contribution in [-0.4, -0.2) is 33.6 Å². The van der Waals surface area contributed by atoms with E-state index in [-0.39, 0.29) is 10.7 Å². The third-order valence-corrected chi connectivity index (χ3v) is 4.39. The first-order valence-corrected chi connectivity index (χ1v) is 7.59. The second-order valence-electron chi connectivity index (χ2n) is 5.43. The number of carboxylic acid groups (broad SMARTS) is 1. The number of pyridine rings is 1. The largest absolute Gasteiger partial charge is 0.480 e. The van der Waals surface area contributed by atoms with E-state index in [2.05, 4.69) is 4.98 Å². The van der Waals surface area contributed by atoms with Gasteiger partial charge in [-0.15, -0.1) is 0 Å². The van der Waals surface area contributed by atoms with E-state index in [4.69, 9.17) is 11.6 Å². The highest BCUT2D eigenvalue weighted by molar-refractivity contribution is 6.34. The average Bonchev–Trinajstić information content (AvgIpc) is 2.53. The first kappa shape index (κ1) is 15.5. The highest BCUT2D eigenvalue weighted by Crippen LogP contribution is 2.37. The molecule has 1 saturated heterocycles. The number of halogens is 1. The highest BCUT2D eigenvalue weighted by atomic mass is 35.5. The van der Waals surface area contributed by atoms with Gasteiger partial charge in [-0.2, -0.15) is 0 Å². The van der Waals surface area contributed by atoms with E-state index in [9.17, 15) is 20.0 Å². The molecular weight excluding hydrogens is 322 g/mol. The van der Waals surface area contributed by atoms with Gasteiger partial charge in [-0.1, -0.05) is 11.6 Å². The second-order valence-corrected chi connectivity index (χ2v) is 5.83. The number of hydrogen-bond donors (Lipinski definition) is 1. The molecule has 0 amide bonds. The van der Waals surface area contributed by atoms with Crippen molar-refractivity contribution in [3.8, 4) is 0 Å². The van der Waals surface area contributed by atoms with Crippen LogP contribution in [0.2, 0.25) is 5.02 Å². The molecule has 0 spiro atoms. The Morgan fingerprint density at radius 1 is 1.35 bits per heavy atom. The molecule has 1 unspecified atom stereocenters. The summed E-state index contributed by atoms with van der Waals surface area (Å²) in [5, 5.41) is 21.7. The minimum absolute atomic E-state index is 0.0491. The summed E-state index contributed by atoms with van der Waals surface area (Å²) < 4.78 is 0. The predicted octanol–water partition coefficient (Wildman–Crippen LogP) is 3.24. The normalized spacial score (nSPS) is 18.1. The van der Waals surface area contributed by atoms with Gasteiger partial charge in [-0.25, -0.2) is 9.78 Å². The van der Waals surface area contributed by atoms with Crippen molar-refractivity contribution in [3.05, 3.63) is 39.5 Å². The lowest BCUT2D eigenvalue weighted by molar-refractivity contribution is -0.382. The van der Waals surface area contributed by atoms with Crippen LogP contribution in [-0.2, 0) is 4.79 Å². The fourth-order valence-electron chi connectivity index (χ4n) is 3.05. The molecule has 7 nitrogen and oxygen atoms in total. The Balaban J connectivity index is 2.20. The van der Waals surface area contributed by atoms with Crippen LogP contribution in [0.5, 0.6) is 0 Å². The molecule has 2 aromatic rings. The summed E-state index contributed by atoms with van der Waals surface area (Å²) in [5.74, 6) is -0.457. The minimum atomic E-state index is -0.910. The maximum absolute atomic E-state index is 11.5. The quantitative estimate of drug-likeness (QED) is 0.683. The van der Waals surface area contributed by atoms with E-state index in [1.165, 1.54) is 18.3 Å². The van der Waals surface area contributed by atoms with Crippen LogP contribution in [0.25, 0.3) is 10.8 Å². The maximum Gasteiger partial charge on any atom is 0.326 e. The van der Waals surface area contributed by atoms with Crippen LogP contribution in [0.1, 0.15) is 19.3 Å². The van der Waals surface area contributed by atoms with E-state index < -0.39 is 16.9 Å². The first-order valence-electron chi connectivity index (χ1n) is 7.21. The first-order chi connectivity index (χ1) is 11.0. The van der Waals surface area contributed by atoms with E-state index in [0.29, 0.717) is 29.6 Å². The number of hydrogen-bond acceptors (Lipinski definition) is 5. The number of anilines is 1. The van der Waals surface area contributed by atoms with Gasteiger partial charge in [0.05, 0.1) is 10.3 Å². The number of piperidine rings is 1. The molecular formula is C15H14ClN3O4. The molecule has 1 aromatic carbocycles. The van der Waals surface area contributed by atoms with Gasteiger partial charge in [0.15, 0.2) is 0 Å². The van der Waals surface area contributed by atoms with Crippen molar-refractivity contribution in [2.45, 2.75) is 25.3 Å². The monoisotopic (exact) mass is 335 g/mol. The molecule has 0 radical (unpaired) electrons. The molecule has 120 valence electrons. The topological polar surface area (TPSA) is 96.6 Å². The number of fused-ring (bicyclic) bond motifs is 1. The summed E-state index contributed by atoms with van der Waals surface area (Å²) >= 11 is 5.95. The molecule has 1 fully saturated rings. The molecule has 2 heterocycles. The molecule has 0 bridgehead atoms. The smallest absolute Gasteiger partial charge is 0.326 e. The van der Waals surface area contributed by atoms with Crippen molar-refractivity contribution in [2.24, 2.45) is 0 Å². The van der Waals surface area contributed by atoms with Crippen molar-refractivity contribution in [1.82, 2.24) is 4.98 Å². The maximum atomic E-state index is 11.5. The van der Waals surface area contributed by atoms with Crippen molar-refractivity contribution in [3.63, 3.8) is 0 Å². The predicted molar refractivity (Wildman–Crippen MR) is 86.0 cm³/mol. The number of aliphatic carboxylic acids is 1. The van der Waals surface area contributed by atoms with Gasteiger partial charge in [-0.05, 0) is 37.5 Å². The van der Waals surface area contributed by atoms with Gasteiger partial charge in [0, 0.05) is 18.1 Å². The van der Waals surface area contributed by atoms with Crippen molar-refractivity contribution in [1.29, 1.82) is 0 Å². The molecule has 1 N–H and O–H groups in total. The standard InChI is InChI=1S/C15H14ClN3O4/c16-11-5-4-10-9(13(11)19(22)23)6-7-17-14(10)18-8-2-1-3-12(18)15(20)21/h4-7,12H,1-3,8H2,(H,20,21). The highest BCUT2D eigenvalue weighted by Gasteiger charge is 2.31. The third-order valence-electron chi connectivity index (χ3n) is 4.09. The Labute approximate surface area is 136 Å². The molecule has 1 atom stereocenters. The Bertz CT molecular complexity index is 796. The zero-order chi connectivity index (χ0) is 16.6. The summed E-state index contributed by atoms with van der Waals surface area (Å²) in [6.45, 7) is 0.555. The third kappa shape index (κ3) is 2.68. The van der Waals surface area contributed by atoms with Gasteiger partial charge in [0.25, 0.3) is 5.69 Å². The Morgan fingerprint density at radius 3 is 2.83 bits per heavy atom. The lowest BCUT2D eigenvalue weighted by atomic mass is 10.0. The van der Waals surface area contributed by atoms with Gasteiger partial charge in [0.2, 0.25) is 0 Å². The fraction of sp³-hybridized carbons (Fsp3) is 0.333. The number of nitrogens with zero attached hydrogens (tertiary/aromatic N) is 3. The molecule has 0 aliphatic carbocycles. The van der Waals surface area contributed by atoms with Crippen LogP contribution in [0.15, 0.2) is 24.4 Å². The number of aromatic nitrogens is 1. The minimum Gasteiger partial charge on any atom is -0.480 e. The van der Waals surface area contributed by atoms with Gasteiger partial charge >= 0.3 is 5.97 Å². The van der Waals surface area contributed by atoms with Crippen molar-refractivity contribution >= 4 is 39.8 Å². The van der Waals surface area contributed by atoms with Crippen molar-refractivity contribution < 1.29 is 14.8 Å². The Hall–Kier alpha value is -2.41. The zero-order valence-corrected chi connectivity index (χ0v) is 12.9. The van der Waals surface area contributed by atoms with Gasteiger partial charge in [0.1, 0.15) is 16.9 Å². The molecule has 1 aliphatic rings. The van der Waals surface area contributed by atoms with Crippen LogP contribution in [0, 0.1) is 10.1 Å². The molecule has 0 saturated carbocycles. The Kier molecular flexibility index (Phi) is 4.04. The number of nitro benzene ring substituents is 1. The zero-order valence-electron chi connectivity index (χ0n) is 12.1. The number of carboxylic acids is 1. The van der Waals surface area contributed by atoms with Crippen LogP contribution >= 0.6 is 11.6 Å². The van der Waals surface area contributed by atoms with E-state index >= 15 is 0 Å². The number of rotatable bonds is 3. The molecule has 3 rings (SSSR count). The second kappa shape index (κ2) is 6.00. The molecule has 23 heavy (non-hydrogen) atoms. The summed E-state index contributed by atoms with van der Waals surface area (Å²) in [7, 11) is 0. The fourth-order valence-corrected chi connectivity index (χ4v) is 3.29. The number of carbonyl (C=O) groups is 1.